The molecule has 5 nitrogen and oxygen atoms in total. The van der Waals surface area contributed by atoms with Gasteiger partial charge in [-0.3, -0.25) is 4.79 Å². The first-order chi connectivity index (χ1) is 11.1. The van der Waals surface area contributed by atoms with Gasteiger partial charge in [0.15, 0.2) is 11.5 Å². The number of hydrogen-bond donors (Lipinski definition) is 1. The fraction of sp³-hybridized carbons (Fsp3) is 0.111. The lowest BCUT2D eigenvalue weighted by Gasteiger charge is -2.10. The number of methoxy groups -OCH3 is 2. The van der Waals surface area contributed by atoms with Gasteiger partial charge >= 0.3 is 5.97 Å². The summed E-state index contributed by atoms with van der Waals surface area (Å²) >= 11 is 0. The van der Waals surface area contributed by atoms with Crippen molar-refractivity contribution in [2.24, 2.45) is 0 Å². The number of carboxylic acids is 1. The van der Waals surface area contributed by atoms with Crippen molar-refractivity contribution in [2.75, 3.05) is 14.2 Å². The Balaban J connectivity index is 2.41. The van der Waals surface area contributed by atoms with Crippen LogP contribution in [0.1, 0.15) is 31.8 Å². The van der Waals surface area contributed by atoms with E-state index in [0.717, 1.165) is 11.8 Å². The van der Waals surface area contributed by atoms with E-state index < -0.39 is 5.97 Å². The zero-order valence-corrected chi connectivity index (χ0v) is 12.8. The molecule has 0 unspecified atom stereocenters. The summed E-state index contributed by atoms with van der Waals surface area (Å²) in [5.41, 5.74) is 2.04. The molecule has 2 aromatic carbocycles. The zero-order chi connectivity index (χ0) is 16.8. The first-order valence-corrected chi connectivity index (χ1v) is 6.81. The van der Waals surface area contributed by atoms with Crippen LogP contribution in [0.4, 0.5) is 0 Å². The van der Waals surface area contributed by atoms with Crippen LogP contribution >= 0.6 is 0 Å². The number of ether oxygens (including phenoxy) is 2. The van der Waals surface area contributed by atoms with Gasteiger partial charge in [-0.05, 0) is 23.3 Å². The highest BCUT2D eigenvalue weighted by Crippen LogP contribution is 2.31. The van der Waals surface area contributed by atoms with Gasteiger partial charge in [-0.15, -0.1) is 0 Å². The predicted molar refractivity (Wildman–Crippen MR) is 87.3 cm³/mol. The summed E-state index contributed by atoms with van der Waals surface area (Å²) in [6.07, 6.45) is 4.22. The van der Waals surface area contributed by atoms with Crippen LogP contribution in [0, 0.1) is 0 Å². The summed E-state index contributed by atoms with van der Waals surface area (Å²) < 4.78 is 10.3. The molecule has 1 N–H and O–H groups in total. The number of aldehydes is 1. The third kappa shape index (κ3) is 3.77. The van der Waals surface area contributed by atoms with E-state index in [2.05, 4.69) is 0 Å². The molecule has 2 rings (SSSR count). The normalized spacial score (nSPS) is 10.5. The SMILES string of the molecule is COc1cc(/C=C/c2ccc(C=O)cc2)c(C(=O)O)cc1OC. The molecule has 2 aromatic rings. The fourth-order valence-corrected chi connectivity index (χ4v) is 2.09. The van der Waals surface area contributed by atoms with Crippen molar-refractivity contribution in [1.29, 1.82) is 0 Å². The molecule has 0 amide bonds. The van der Waals surface area contributed by atoms with Crippen molar-refractivity contribution in [2.45, 2.75) is 0 Å². The molecule has 0 aliphatic rings. The summed E-state index contributed by atoms with van der Waals surface area (Å²) in [7, 11) is 2.94. The summed E-state index contributed by atoms with van der Waals surface area (Å²) in [6.45, 7) is 0. The Bertz CT molecular complexity index is 745. The number of carbonyl (C=O) groups excluding carboxylic acids is 1. The van der Waals surface area contributed by atoms with E-state index in [-0.39, 0.29) is 5.56 Å². The molecule has 5 heteroatoms. The topological polar surface area (TPSA) is 72.8 Å². The van der Waals surface area contributed by atoms with E-state index >= 15 is 0 Å². The van der Waals surface area contributed by atoms with Gasteiger partial charge in [-0.2, -0.15) is 0 Å². The molecular weight excluding hydrogens is 296 g/mol. The molecule has 0 saturated heterocycles. The molecule has 0 fully saturated rings. The maximum absolute atomic E-state index is 11.4. The van der Waals surface area contributed by atoms with Crippen LogP contribution in [-0.4, -0.2) is 31.6 Å². The molecule has 0 aliphatic heterocycles. The average molecular weight is 312 g/mol. The van der Waals surface area contributed by atoms with Crippen LogP contribution in [0.15, 0.2) is 36.4 Å². The van der Waals surface area contributed by atoms with Gasteiger partial charge in [-0.1, -0.05) is 36.4 Å². The Hall–Kier alpha value is -3.08. The highest BCUT2D eigenvalue weighted by molar-refractivity contribution is 5.94. The third-order valence-corrected chi connectivity index (χ3v) is 3.31. The quantitative estimate of drug-likeness (QED) is 0.654. The predicted octanol–water partition coefficient (Wildman–Crippen LogP) is 3.38. The Labute approximate surface area is 133 Å². The van der Waals surface area contributed by atoms with Crippen LogP contribution in [0.25, 0.3) is 12.2 Å². The van der Waals surface area contributed by atoms with E-state index in [1.165, 1.54) is 20.3 Å². The molecule has 23 heavy (non-hydrogen) atoms. The van der Waals surface area contributed by atoms with Gasteiger partial charge in [0.2, 0.25) is 0 Å². The summed E-state index contributed by atoms with van der Waals surface area (Å²) in [6, 6.07) is 9.98. The molecule has 0 bridgehead atoms. The smallest absolute Gasteiger partial charge is 0.336 e. The number of aromatic carboxylic acids is 1. The number of benzene rings is 2. The van der Waals surface area contributed by atoms with E-state index in [0.29, 0.717) is 22.6 Å². The van der Waals surface area contributed by atoms with Gasteiger partial charge in [0.1, 0.15) is 6.29 Å². The number of carbonyl (C=O) groups is 2. The van der Waals surface area contributed by atoms with Crippen molar-refractivity contribution in [1.82, 2.24) is 0 Å². The number of rotatable bonds is 6. The second-order valence-corrected chi connectivity index (χ2v) is 4.72. The number of hydrogen-bond acceptors (Lipinski definition) is 4. The van der Waals surface area contributed by atoms with E-state index in [1.54, 1.807) is 42.5 Å². The van der Waals surface area contributed by atoms with Crippen LogP contribution in [0.2, 0.25) is 0 Å². The minimum atomic E-state index is -1.05. The first kappa shape index (κ1) is 16.3. The monoisotopic (exact) mass is 312 g/mol. The fourth-order valence-electron chi connectivity index (χ4n) is 2.09. The van der Waals surface area contributed by atoms with Crippen molar-refractivity contribution >= 4 is 24.4 Å². The lowest BCUT2D eigenvalue weighted by Crippen LogP contribution is -2.02. The summed E-state index contributed by atoms with van der Waals surface area (Å²) in [4.78, 5) is 22.1. The maximum atomic E-state index is 11.4. The maximum Gasteiger partial charge on any atom is 0.336 e. The Morgan fingerprint density at radius 2 is 1.52 bits per heavy atom. The van der Waals surface area contributed by atoms with Crippen LogP contribution < -0.4 is 9.47 Å². The largest absolute Gasteiger partial charge is 0.493 e. The van der Waals surface area contributed by atoms with E-state index in [9.17, 15) is 14.7 Å². The second kappa shape index (κ2) is 7.26. The Morgan fingerprint density at radius 1 is 0.957 bits per heavy atom. The van der Waals surface area contributed by atoms with Crippen molar-refractivity contribution in [3.05, 3.63) is 58.7 Å². The van der Waals surface area contributed by atoms with E-state index in [4.69, 9.17) is 9.47 Å². The molecule has 0 aromatic heterocycles. The zero-order valence-electron chi connectivity index (χ0n) is 12.8. The third-order valence-electron chi connectivity index (χ3n) is 3.31. The van der Waals surface area contributed by atoms with Crippen molar-refractivity contribution in [3.63, 3.8) is 0 Å². The Morgan fingerprint density at radius 3 is 2.04 bits per heavy atom. The summed E-state index contributed by atoms with van der Waals surface area (Å²) in [5.74, 6) is -0.243. The Kier molecular flexibility index (Phi) is 5.15. The molecule has 0 aliphatic carbocycles. The van der Waals surface area contributed by atoms with Gasteiger partial charge < -0.3 is 14.6 Å². The lowest BCUT2D eigenvalue weighted by atomic mass is 10.0. The minimum Gasteiger partial charge on any atom is -0.493 e. The molecule has 0 radical (unpaired) electrons. The molecule has 0 spiro atoms. The first-order valence-electron chi connectivity index (χ1n) is 6.81. The highest BCUT2D eigenvalue weighted by atomic mass is 16.5. The highest BCUT2D eigenvalue weighted by Gasteiger charge is 2.14. The lowest BCUT2D eigenvalue weighted by molar-refractivity contribution is 0.0696. The summed E-state index contributed by atoms with van der Waals surface area (Å²) in [5, 5.41) is 9.35. The van der Waals surface area contributed by atoms with Crippen LogP contribution in [0.3, 0.4) is 0 Å². The molecular formula is C18H16O5. The van der Waals surface area contributed by atoms with Gasteiger partial charge in [0, 0.05) is 5.56 Å². The van der Waals surface area contributed by atoms with Crippen molar-refractivity contribution in [3.8, 4) is 11.5 Å². The van der Waals surface area contributed by atoms with Crippen LogP contribution in [0.5, 0.6) is 11.5 Å². The molecule has 118 valence electrons. The number of carboxylic acid groups (broad SMARTS) is 1. The van der Waals surface area contributed by atoms with Gasteiger partial charge in [-0.25, -0.2) is 4.79 Å². The van der Waals surface area contributed by atoms with E-state index in [1.807, 2.05) is 0 Å². The molecule has 0 heterocycles. The second-order valence-electron chi connectivity index (χ2n) is 4.72. The minimum absolute atomic E-state index is 0.114. The van der Waals surface area contributed by atoms with Crippen LogP contribution in [-0.2, 0) is 0 Å². The molecule has 0 saturated carbocycles. The molecule has 0 atom stereocenters. The standard InChI is InChI=1S/C18H16O5/c1-22-16-9-14(15(18(20)21)10-17(16)23-2)8-7-12-3-5-13(11-19)6-4-12/h3-11H,1-2H3,(H,20,21)/b8-7+. The van der Waals surface area contributed by atoms with Gasteiger partial charge in [0.05, 0.1) is 19.8 Å². The van der Waals surface area contributed by atoms with Gasteiger partial charge in [0.25, 0.3) is 0 Å². The average Bonchev–Trinajstić information content (AvgIpc) is 2.59. The van der Waals surface area contributed by atoms with Crippen molar-refractivity contribution < 1.29 is 24.2 Å².